The third-order valence-electron chi connectivity index (χ3n) is 1.08. The van der Waals surface area contributed by atoms with Crippen molar-refractivity contribution in [2.45, 2.75) is 13.0 Å². The Kier molecular flexibility index (Phi) is 4.89. The average molecular weight is 177 g/mol. The topological polar surface area (TPSA) is 66.4 Å². The molecule has 5 heteroatoms. The predicted molar refractivity (Wildman–Crippen MR) is 44.0 cm³/mol. The van der Waals surface area contributed by atoms with Crippen LogP contribution in [-0.4, -0.2) is 35.2 Å². The minimum Gasteiger partial charge on any atom is -0.480 e. The Morgan fingerprint density at radius 3 is 2.45 bits per heavy atom. The van der Waals surface area contributed by atoms with Crippen LogP contribution in [-0.2, 0) is 9.59 Å². The molecule has 0 bridgehead atoms. The van der Waals surface area contributed by atoms with Gasteiger partial charge in [0.25, 0.3) is 0 Å². The van der Waals surface area contributed by atoms with E-state index < -0.39 is 12.0 Å². The van der Waals surface area contributed by atoms with Gasteiger partial charge in [-0.3, -0.25) is 14.9 Å². The second-order valence-corrected chi connectivity index (χ2v) is 2.52. The van der Waals surface area contributed by atoms with E-state index in [0.29, 0.717) is 0 Å². The lowest BCUT2D eigenvalue weighted by atomic mass is 10.3. The highest BCUT2D eigenvalue weighted by Gasteiger charge is 2.14. The van der Waals surface area contributed by atoms with E-state index in [1.165, 1.54) is 6.92 Å². The van der Waals surface area contributed by atoms with Crippen LogP contribution in [0.25, 0.3) is 0 Å². The van der Waals surface area contributed by atoms with Gasteiger partial charge in [0.05, 0.1) is 6.54 Å². The molecule has 0 aromatic carbocycles. The summed E-state index contributed by atoms with van der Waals surface area (Å²) >= 11 is 3.80. The van der Waals surface area contributed by atoms with Crippen LogP contribution in [0.3, 0.4) is 0 Å². The third kappa shape index (κ3) is 4.80. The summed E-state index contributed by atoms with van der Waals surface area (Å²) in [5.74, 6) is -0.887. The first-order valence-electron chi connectivity index (χ1n) is 3.14. The minimum absolute atomic E-state index is 0.0809. The summed E-state index contributed by atoms with van der Waals surface area (Å²) in [6.07, 6.45) is 0. The van der Waals surface area contributed by atoms with Crippen LogP contribution in [0.4, 0.5) is 0 Å². The fraction of sp³-hybridized carbons (Fsp3) is 0.667. The number of Topliss-reactive ketones (excluding diaryl/α,β-unsaturated/α-hetero) is 1. The summed E-state index contributed by atoms with van der Waals surface area (Å²) in [7, 11) is 0. The molecule has 0 aliphatic carbocycles. The van der Waals surface area contributed by atoms with Gasteiger partial charge in [-0.1, -0.05) is 0 Å². The molecule has 64 valence electrons. The van der Waals surface area contributed by atoms with Gasteiger partial charge in [0.15, 0.2) is 0 Å². The molecule has 0 radical (unpaired) electrons. The molecule has 4 nitrogen and oxygen atoms in total. The molecule has 11 heavy (non-hydrogen) atoms. The molecule has 0 rings (SSSR count). The van der Waals surface area contributed by atoms with Crippen molar-refractivity contribution in [1.29, 1.82) is 0 Å². The lowest BCUT2D eigenvalue weighted by Crippen LogP contribution is -2.40. The van der Waals surface area contributed by atoms with E-state index in [9.17, 15) is 9.59 Å². The number of aliphatic carboxylic acids is 1. The number of nitrogens with one attached hydrogen (secondary N) is 1. The van der Waals surface area contributed by atoms with Gasteiger partial charge in [-0.05, 0) is 6.92 Å². The molecule has 1 atom stereocenters. The summed E-state index contributed by atoms with van der Waals surface area (Å²) in [5, 5.41) is 11.0. The Morgan fingerprint density at radius 1 is 1.64 bits per heavy atom. The Labute approximate surface area is 70.4 Å². The molecular formula is C6H11NO3S. The molecule has 0 aromatic rings. The normalized spacial score (nSPS) is 12.5. The van der Waals surface area contributed by atoms with Gasteiger partial charge in [-0.25, -0.2) is 0 Å². The molecule has 0 fully saturated rings. The van der Waals surface area contributed by atoms with E-state index in [0.717, 1.165) is 0 Å². The van der Waals surface area contributed by atoms with Gasteiger partial charge >= 0.3 is 5.97 Å². The molecular weight excluding hydrogens is 166 g/mol. The van der Waals surface area contributed by atoms with E-state index in [4.69, 9.17) is 5.11 Å². The van der Waals surface area contributed by atoms with E-state index >= 15 is 0 Å². The molecule has 0 unspecified atom stereocenters. The SMILES string of the molecule is CC(=O)CN[C@@H](CS)C(=O)O. The van der Waals surface area contributed by atoms with Crippen LogP contribution in [0.15, 0.2) is 0 Å². The van der Waals surface area contributed by atoms with Gasteiger partial charge in [-0.15, -0.1) is 0 Å². The first-order chi connectivity index (χ1) is 5.07. The van der Waals surface area contributed by atoms with Crippen molar-refractivity contribution in [2.24, 2.45) is 0 Å². The summed E-state index contributed by atoms with van der Waals surface area (Å²) in [6, 6.07) is -0.734. The molecule has 0 saturated carbocycles. The van der Waals surface area contributed by atoms with Crippen LogP contribution in [0.2, 0.25) is 0 Å². The van der Waals surface area contributed by atoms with E-state index in [1.807, 2.05) is 0 Å². The number of carboxylic acids is 1. The molecule has 0 saturated heterocycles. The van der Waals surface area contributed by atoms with Crippen LogP contribution in [0.1, 0.15) is 6.92 Å². The van der Waals surface area contributed by atoms with Crippen molar-refractivity contribution in [3.63, 3.8) is 0 Å². The highest BCUT2D eigenvalue weighted by molar-refractivity contribution is 7.80. The minimum atomic E-state index is -0.985. The van der Waals surface area contributed by atoms with Crippen LogP contribution >= 0.6 is 12.6 Å². The number of rotatable bonds is 5. The summed E-state index contributed by atoms with van der Waals surface area (Å²) in [5.41, 5.74) is 0. The molecule has 0 aliphatic rings. The average Bonchev–Trinajstić information content (AvgIpc) is 1.87. The first kappa shape index (κ1) is 10.4. The summed E-state index contributed by atoms with van der Waals surface area (Å²) in [6.45, 7) is 1.47. The smallest absolute Gasteiger partial charge is 0.321 e. The van der Waals surface area contributed by atoms with Crippen molar-refractivity contribution in [1.82, 2.24) is 5.32 Å². The Hall–Kier alpha value is -0.550. The fourth-order valence-electron chi connectivity index (χ4n) is 0.497. The van der Waals surface area contributed by atoms with Crippen LogP contribution in [0, 0.1) is 0 Å². The molecule has 0 aromatic heterocycles. The number of carboxylic acid groups (broad SMARTS) is 1. The lowest BCUT2D eigenvalue weighted by Gasteiger charge is -2.08. The zero-order chi connectivity index (χ0) is 8.85. The number of carbonyl (C=O) groups excluding carboxylic acids is 1. The molecule has 0 heterocycles. The second kappa shape index (κ2) is 5.15. The number of hydrogen-bond donors (Lipinski definition) is 3. The third-order valence-corrected chi connectivity index (χ3v) is 1.44. The number of thiol groups is 1. The van der Waals surface area contributed by atoms with Crippen molar-refractivity contribution in [3.05, 3.63) is 0 Å². The van der Waals surface area contributed by atoms with Crippen molar-refractivity contribution in [3.8, 4) is 0 Å². The van der Waals surface area contributed by atoms with Gasteiger partial charge in [0.2, 0.25) is 0 Å². The zero-order valence-corrected chi connectivity index (χ0v) is 7.10. The molecule has 0 aliphatic heterocycles. The van der Waals surface area contributed by atoms with E-state index in [-0.39, 0.29) is 18.1 Å². The Morgan fingerprint density at radius 2 is 2.18 bits per heavy atom. The van der Waals surface area contributed by atoms with Crippen molar-refractivity contribution >= 4 is 24.4 Å². The van der Waals surface area contributed by atoms with Gasteiger partial charge in [-0.2, -0.15) is 12.6 Å². The Balaban J connectivity index is 3.70. The van der Waals surface area contributed by atoms with Gasteiger partial charge < -0.3 is 5.11 Å². The Bertz CT molecular complexity index is 160. The monoisotopic (exact) mass is 177 g/mol. The zero-order valence-electron chi connectivity index (χ0n) is 6.20. The number of ketones is 1. The maximum atomic E-state index is 10.4. The van der Waals surface area contributed by atoms with E-state index in [2.05, 4.69) is 17.9 Å². The predicted octanol–water partition coefficient (Wildman–Crippen LogP) is -0.452. The van der Waals surface area contributed by atoms with Gasteiger partial charge in [0, 0.05) is 5.75 Å². The number of hydrogen-bond acceptors (Lipinski definition) is 4. The maximum absolute atomic E-state index is 10.4. The maximum Gasteiger partial charge on any atom is 0.321 e. The highest BCUT2D eigenvalue weighted by atomic mass is 32.1. The lowest BCUT2D eigenvalue weighted by molar-refractivity contribution is -0.138. The molecule has 0 spiro atoms. The summed E-state index contributed by atoms with van der Waals surface area (Å²) < 4.78 is 0. The molecule has 0 amide bonds. The van der Waals surface area contributed by atoms with Gasteiger partial charge in [0.1, 0.15) is 11.8 Å². The highest BCUT2D eigenvalue weighted by Crippen LogP contribution is 1.87. The first-order valence-corrected chi connectivity index (χ1v) is 3.77. The largest absolute Gasteiger partial charge is 0.480 e. The van der Waals surface area contributed by atoms with Crippen LogP contribution in [0.5, 0.6) is 0 Å². The van der Waals surface area contributed by atoms with Crippen molar-refractivity contribution in [2.75, 3.05) is 12.3 Å². The summed E-state index contributed by atoms with van der Waals surface area (Å²) in [4.78, 5) is 20.7. The second-order valence-electron chi connectivity index (χ2n) is 2.16. The van der Waals surface area contributed by atoms with Crippen molar-refractivity contribution < 1.29 is 14.7 Å². The van der Waals surface area contributed by atoms with Crippen LogP contribution < -0.4 is 5.32 Å². The number of carbonyl (C=O) groups is 2. The quantitative estimate of drug-likeness (QED) is 0.497. The fourth-order valence-corrected chi connectivity index (χ4v) is 0.782. The van der Waals surface area contributed by atoms with E-state index in [1.54, 1.807) is 0 Å². The molecule has 2 N–H and O–H groups in total. The standard InChI is InChI=1S/C6H11NO3S/c1-4(8)2-7-5(3-11)6(9)10/h5,7,11H,2-3H2,1H3,(H,9,10)/t5-/m0/s1.